The Balaban J connectivity index is 1.66. The zero-order valence-corrected chi connectivity index (χ0v) is 16.0. The molecular formula is C21H23F2N4O+. The lowest BCUT2D eigenvalue weighted by Crippen LogP contribution is -2.86. The summed E-state index contributed by atoms with van der Waals surface area (Å²) in [6.45, 7) is 5.72. The summed E-state index contributed by atoms with van der Waals surface area (Å²) in [5.41, 5.74) is 3.12. The van der Waals surface area contributed by atoms with Crippen LogP contribution in [0.2, 0.25) is 0 Å². The highest BCUT2D eigenvalue weighted by Crippen LogP contribution is 2.18. The standard InChI is InChI=1S/C21H22F2N4O/c1-13-4-7-17(8-5-13)27-20(10-14(2)26-27)25-21(28)12-24-15(3)18-9-6-16(22)11-19(18)23/h4-11,15,24H,12H2,1-3H3,(H,25,28)/p+1/t15-/m0/s1. The molecule has 28 heavy (non-hydrogen) atoms. The molecule has 0 radical (unpaired) electrons. The number of nitrogens with two attached hydrogens (primary N) is 1. The Hall–Kier alpha value is -3.06. The van der Waals surface area contributed by atoms with Crippen LogP contribution in [0.3, 0.4) is 0 Å². The summed E-state index contributed by atoms with van der Waals surface area (Å²) >= 11 is 0. The molecule has 3 rings (SSSR count). The first-order valence-electron chi connectivity index (χ1n) is 9.05. The number of rotatable bonds is 6. The van der Waals surface area contributed by atoms with Gasteiger partial charge in [0.25, 0.3) is 5.91 Å². The van der Waals surface area contributed by atoms with Gasteiger partial charge >= 0.3 is 0 Å². The third kappa shape index (κ3) is 4.61. The summed E-state index contributed by atoms with van der Waals surface area (Å²) in [5.74, 6) is -0.897. The van der Waals surface area contributed by atoms with Gasteiger partial charge in [-0.25, -0.2) is 13.5 Å². The molecule has 1 atom stereocenters. The van der Waals surface area contributed by atoms with Crippen molar-refractivity contribution in [3.05, 3.63) is 77.0 Å². The molecule has 0 bridgehead atoms. The number of quaternary nitrogens is 1. The van der Waals surface area contributed by atoms with E-state index >= 15 is 0 Å². The van der Waals surface area contributed by atoms with Gasteiger partial charge in [-0.3, -0.25) is 4.79 Å². The molecule has 0 aliphatic heterocycles. The molecular weight excluding hydrogens is 362 g/mol. The van der Waals surface area contributed by atoms with Crippen LogP contribution in [0, 0.1) is 25.5 Å². The van der Waals surface area contributed by atoms with Gasteiger partial charge in [-0.1, -0.05) is 17.7 Å². The summed E-state index contributed by atoms with van der Waals surface area (Å²) in [4.78, 5) is 12.4. The van der Waals surface area contributed by atoms with E-state index in [1.165, 1.54) is 12.1 Å². The van der Waals surface area contributed by atoms with E-state index in [0.717, 1.165) is 23.0 Å². The number of hydrogen-bond donors (Lipinski definition) is 2. The van der Waals surface area contributed by atoms with Crippen LogP contribution in [0.25, 0.3) is 5.69 Å². The number of nitrogens with one attached hydrogen (secondary N) is 1. The van der Waals surface area contributed by atoms with Crippen molar-refractivity contribution < 1.29 is 18.9 Å². The van der Waals surface area contributed by atoms with Crippen molar-refractivity contribution in [3.63, 3.8) is 0 Å². The van der Waals surface area contributed by atoms with Crippen LogP contribution in [0.15, 0.2) is 48.5 Å². The molecule has 3 N–H and O–H groups in total. The van der Waals surface area contributed by atoms with Gasteiger partial charge in [0.1, 0.15) is 23.5 Å². The first-order valence-corrected chi connectivity index (χ1v) is 9.05. The lowest BCUT2D eigenvalue weighted by atomic mass is 10.1. The van der Waals surface area contributed by atoms with Crippen LogP contribution in [-0.2, 0) is 4.79 Å². The monoisotopic (exact) mass is 385 g/mol. The van der Waals surface area contributed by atoms with Crippen LogP contribution >= 0.6 is 0 Å². The zero-order valence-electron chi connectivity index (χ0n) is 16.0. The van der Waals surface area contributed by atoms with E-state index in [1.54, 1.807) is 23.0 Å². The second-order valence-electron chi connectivity index (χ2n) is 6.86. The molecule has 5 nitrogen and oxygen atoms in total. The molecule has 0 unspecified atom stereocenters. The molecule has 1 amide bonds. The fourth-order valence-corrected chi connectivity index (χ4v) is 2.95. The van der Waals surface area contributed by atoms with Crippen LogP contribution in [0.1, 0.15) is 29.8 Å². The molecule has 146 valence electrons. The second kappa shape index (κ2) is 8.31. The summed E-state index contributed by atoms with van der Waals surface area (Å²) in [6.07, 6.45) is 0. The smallest absolute Gasteiger partial charge is 0.280 e. The molecule has 2 aromatic carbocycles. The number of carbonyl (C=O) groups is 1. The molecule has 0 saturated carbocycles. The number of carbonyl (C=O) groups excluding carboxylic acids is 1. The van der Waals surface area contributed by atoms with Gasteiger partial charge in [0.15, 0.2) is 6.54 Å². The minimum atomic E-state index is -0.620. The van der Waals surface area contributed by atoms with Crippen LogP contribution in [-0.4, -0.2) is 22.2 Å². The van der Waals surface area contributed by atoms with Crippen molar-refractivity contribution in [2.45, 2.75) is 26.8 Å². The lowest BCUT2D eigenvalue weighted by molar-refractivity contribution is -0.682. The highest BCUT2D eigenvalue weighted by molar-refractivity contribution is 5.90. The second-order valence-corrected chi connectivity index (χ2v) is 6.86. The van der Waals surface area contributed by atoms with Gasteiger partial charge in [0.05, 0.1) is 11.4 Å². The van der Waals surface area contributed by atoms with Crippen molar-refractivity contribution in [3.8, 4) is 5.69 Å². The largest absolute Gasteiger partial charge is 0.332 e. The third-order valence-electron chi connectivity index (χ3n) is 4.49. The lowest BCUT2D eigenvalue weighted by Gasteiger charge is -2.13. The molecule has 1 aromatic heterocycles. The van der Waals surface area contributed by atoms with Gasteiger partial charge in [0, 0.05) is 17.7 Å². The average molecular weight is 385 g/mol. The third-order valence-corrected chi connectivity index (χ3v) is 4.49. The number of halogens is 2. The topological polar surface area (TPSA) is 63.5 Å². The van der Waals surface area contributed by atoms with Crippen molar-refractivity contribution in [1.29, 1.82) is 0 Å². The summed E-state index contributed by atoms with van der Waals surface area (Å²) < 4.78 is 28.6. The number of anilines is 1. The molecule has 7 heteroatoms. The Morgan fingerprint density at radius 3 is 2.54 bits per heavy atom. The fraction of sp³-hybridized carbons (Fsp3) is 0.238. The van der Waals surface area contributed by atoms with E-state index in [9.17, 15) is 13.6 Å². The SMILES string of the molecule is Cc1ccc(-n2nc(C)cc2NC(=O)C[NH2+][C@@H](C)c2ccc(F)cc2F)cc1. The molecule has 0 spiro atoms. The first-order chi connectivity index (χ1) is 13.3. The molecule has 0 aliphatic rings. The Kier molecular flexibility index (Phi) is 5.84. The minimum Gasteiger partial charge on any atom is -0.332 e. The fourth-order valence-electron chi connectivity index (χ4n) is 2.95. The summed E-state index contributed by atoms with van der Waals surface area (Å²) in [5, 5.41) is 8.98. The van der Waals surface area contributed by atoms with Crippen LogP contribution in [0.5, 0.6) is 0 Å². The van der Waals surface area contributed by atoms with E-state index in [4.69, 9.17) is 0 Å². The highest BCUT2D eigenvalue weighted by Gasteiger charge is 2.17. The zero-order chi connectivity index (χ0) is 20.3. The van der Waals surface area contributed by atoms with Gasteiger partial charge < -0.3 is 10.6 Å². The van der Waals surface area contributed by atoms with E-state index < -0.39 is 11.6 Å². The van der Waals surface area contributed by atoms with Gasteiger partial charge in [-0.2, -0.15) is 5.10 Å². The highest BCUT2D eigenvalue weighted by atomic mass is 19.1. The molecule has 3 aromatic rings. The normalized spacial score (nSPS) is 12.0. The first kappa shape index (κ1) is 19.7. The molecule has 0 fully saturated rings. The number of hydrogen-bond acceptors (Lipinski definition) is 2. The number of aryl methyl sites for hydroxylation is 2. The quantitative estimate of drug-likeness (QED) is 0.685. The van der Waals surface area contributed by atoms with Gasteiger partial charge in [-0.05, 0) is 45.0 Å². The van der Waals surface area contributed by atoms with Crippen LogP contribution < -0.4 is 10.6 Å². The maximum Gasteiger partial charge on any atom is 0.280 e. The number of benzene rings is 2. The Labute approximate surface area is 162 Å². The summed E-state index contributed by atoms with van der Waals surface area (Å²) in [7, 11) is 0. The van der Waals surface area contributed by atoms with E-state index in [0.29, 0.717) is 11.4 Å². The van der Waals surface area contributed by atoms with Gasteiger partial charge in [-0.15, -0.1) is 0 Å². The van der Waals surface area contributed by atoms with Crippen molar-refractivity contribution in [2.24, 2.45) is 0 Å². The summed E-state index contributed by atoms with van der Waals surface area (Å²) in [6, 6.07) is 12.8. The predicted molar refractivity (Wildman–Crippen MR) is 103 cm³/mol. The van der Waals surface area contributed by atoms with E-state index in [1.807, 2.05) is 38.1 Å². The Morgan fingerprint density at radius 1 is 1.14 bits per heavy atom. The maximum atomic E-state index is 13.9. The van der Waals surface area contributed by atoms with Gasteiger partial charge in [0.2, 0.25) is 0 Å². The molecule has 0 aliphatic carbocycles. The Bertz CT molecular complexity index is 983. The number of amides is 1. The minimum absolute atomic E-state index is 0.0934. The van der Waals surface area contributed by atoms with Crippen molar-refractivity contribution in [2.75, 3.05) is 11.9 Å². The van der Waals surface area contributed by atoms with Crippen molar-refractivity contribution in [1.82, 2.24) is 9.78 Å². The average Bonchev–Trinajstić information content (AvgIpc) is 3.00. The molecule has 1 heterocycles. The number of aromatic nitrogens is 2. The molecule has 0 saturated heterocycles. The predicted octanol–water partition coefficient (Wildman–Crippen LogP) is 3.03. The van der Waals surface area contributed by atoms with Crippen LogP contribution in [0.4, 0.5) is 14.6 Å². The van der Waals surface area contributed by atoms with Crippen molar-refractivity contribution >= 4 is 11.7 Å². The maximum absolute atomic E-state index is 13.9. The van der Waals surface area contributed by atoms with E-state index in [-0.39, 0.29) is 18.5 Å². The Morgan fingerprint density at radius 2 is 1.86 bits per heavy atom. The number of nitrogens with zero attached hydrogens (tertiary/aromatic N) is 2. The van der Waals surface area contributed by atoms with E-state index in [2.05, 4.69) is 10.4 Å².